The Kier molecular flexibility index (Phi) is 3.97. The van der Waals surface area contributed by atoms with Crippen molar-refractivity contribution in [1.29, 1.82) is 0 Å². The Morgan fingerprint density at radius 1 is 1.16 bits per heavy atom. The zero-order chi connectivity index (χ0) is 17.4. The smallest absolute Gasteiger partial charge is 0.254 e. The summed E-state index contributed by atoms with van der Waals surface area (Å²) in [6.45, 7) is 3.74. The maximum absolute atomic E-state index is 13.0. The molecule has 0 unspecified atom stereocenters. The van der Waals surface area contributed by atoms with Crippen molar-refractivity contribution in [2.75, 3.05) is 13.7 Å². The lowest BCUT2D eigenvalue weighted by Gasteiger charge is -2.33. The molecule has 0 spiro atoms. The van der Waals surface area contributed by atoms with Gasteiger partial charge in [0.1, 0.15) is 6.61 Å². The fraction of sp³-hybridized carbons (Fsp3) is 0.316. The van der Waals surface area contributed by atoms with Crippen molar-refractivity contribution in [2.24, 2.45) is 0 Å². The van der Waals surface area contributed by atoms with Crippen molar-refractivity contribution in [2.45, 2.75) is 26.1 Å². The van der Waals surface area contributed by atoms with Crippen LogP contribution in [0, 0.1) is 0 Å². The molecule has 0 saturated carbocycles. The minimum Gasteiger partial charge on any atom is -0.377 e. The van der Waals surface area contributed by atoms with Crippen LogP contribution in [0.25, 0.3) is 10.8 Å². The Bertz CT molecular complexity index is 934. The van der Waals surface area contributed by atoms with E-state index in [-0.39, 0.29) is 11.9 Å². The van der Waals surface area contributed by atoms with Gasteiger partial charge in [0.05, 0.1) is 6.04 Å². The molecule has 1 atom stereocenters. The van der Waals surface area contributed by atoms with E-state index in [9.17, 15) is 4.79 Å². The van der Waals surface area contributed by atoms with Gasteiger partial charge in [-0.3, -0.25) is 4.79 Å². The standard InChI is InChI=1S/C19H20N4O2/c1-13-18-21-20-17(12-25-2)23(18)10-9-22(13)19(24)16-8-7-14-5-3-4-6-15(14)11-16/h3-8,11,13H,9-10,12H2,1-2H3/t13-/m0/s1. The number of carbonyl (C=O) groups is 1. The number of fused-ring (bicyclic) bond motifs is 2. The highest BCUT2D eigenvalue weighted by Gasteiger charge is 2.31. The molecule has 1 aliphatic heterocycles. The molecule has 0 bridgehead atoms. The van der Waals surface area contributed by atoms with Crippen molar-refractivity contribution in [1.82, 2.24) is 19.7 Å². The van der Waals surface area contributed by atoms with Crippen molar-refractivity contribution in [3.05, 3.63) is 59.7 Å². The number of methoxy groups -OCH3 is 1. The lowest BCUT2D eigenvalue weighted by Crippen LogP contribution is -2.41. The third-order valence-corrected chi connectivity index (χ3v) is 4.79. The first-order chi connectivity index (χ1) is 12.2. The lowest BCUT2D eigenvalue weighted by atomic mass is 10.1. The predicted molar refractivity (Wildman–Crippen MR) is 94.1 cm³/mol. The van der Waals surface area contributed by atoms with E-state index >= 15 is 0 Å². The van der Waals surface area contributed by atoms with E-state index in [2.05, 4.69) is 14.8 Å². The van der Waals surface area contributed by atoms with E-state index in [1.165, 1.54) is 0 Å². The van der Waals surface area contributed by atoms with E-state index < -0.39 is 0 Å². The quantitative estimate of drug-likeness (QED) is 0.738. The average Bonchev–Trinajstić information content (AvgIpc) is 3.05. The van der Waals surface area contributed by atoms with E-state index in [1.54, 1.807) is 7.11 Å². The molecule has 0 fully saturated rings. The van der Waals surface area contributed by atoms with Gasteiger partial charge in [-0.1, -0.05) is 30.3 Å². The van der Waals surface area contributed by atoms with Crippen molar-refractivity contribution in [3.8, 4) is 0 Å². The molecular weight excluding hydrogens is 316 g/mol. The number of aromatic nitrogens is 3. The number of benzene rings is 2. The van der Waals surface area contributed by atoms with Gasteiger partial charge in [-0.15, -0.1) is 10.2 Å². The third kappa shape index (κ3) is 2.68. The molecule has 0 aliphatic carbocycles. The zero-order valence-electron chi connectivity index (χ0n) is 14.3. The molecule has 128 valence electrons. The highest BCUT2D eigenvalue weighted by molar-refractivity contribution is 5.98. The number of hydrogen-bond acceptors (Lipinski definition) is 4. The SMILES string of the molecule is COCc1nnc2n1CCN(C(=O)c1ccc3ccccc3c1)[C@H]2C. The van der Waals surface area contributed by atoms with Gasteiger partial charge in [0.2, 0.25) is 0 Å². The molecule has 4 rings (SSSR count). The second kappa shape index (κ2) is 6.29. The zero-order valence-corrected chi connectivity index (χ0v) is 14.3. The Balaban J connectivity index is 1.63. The molecule has 6 heteroatoms. The van der Waals surface area contributed by atoms with E-state index in [1.807, 2.05) is 54.3 Å². The van der Waals surface area contributed by atoms with Crippen LogP contribution >= 0.6 is 0 Å². The summed E-state index contributed by atoms with van der Waals surface area (Å²) >= 11 is 0. The molecule has 6 nitrogen and oxygen atoms in total. The van der Waals surface area contributed by atoms with Crippen LogP contribution in [0.5, 0.6) is 0 Å². The van der Waals surface area contributed by atoms with Crippen LogP contribution in [0.1, 0.15) is 35.0 Å². The largest absolute Gasteiger partial charge is 0.377 e. The van der Waals surface area contributed by atoms with Crippen molar-refractivity contribution >= 4 is 16.7 Å². The van der Waals surface area contributed by atoms with Crippen LogP contribution in [0.4, 0.5) is 0 Å². The highest BCUT2D eigenvalue weighted by Crippen LogP contribution is 2.27. The van der Waals surface area contributed by atoms with Crippen LogP contribution in [0.3, 0.4) is 0 Å². The predicted octanol–water partition coefficient (Wildman–Crippen LogP) is 2.79. The van der Waals surface area contributed by atoms with Gasteiger partial charge in [0.15, 0.2) is 11.6 Å². The second-order valence-electron chi connectivity index (χ2n) is 6.30. The van der Waals surface area contributed by atoms with E-state index in [0.717, 1.165) is 22.4 Å². The molecule has 0 radical (unpaired) electrons. The van der Waals surface area contributed by atoms with Gasteiger partial charge in [-0.05, 0) is 29.8 Å². The molecule has 0 saturated heterocycles. The normalized spacial score (nSPS) is 16.9. The number of hydrogen-bond donors (Lipinski definition) is 0. The number of rotatable bonds is 3. The maximum Gasteiger partial charge on any atom is 0.254 e. The molecule has 2 aromatic carbocycles. The van der Waals surface area contributed by atoms with Crippen LogP contribution < -0.4 is 0 Å². The fourth-order valence-corrected chi connectivity index (χ4v) is 3.44. The summed E-state index contributed by atoms with van der Waals surface area (Å²) in [4.78, 5) is 14.9. The number of carbonyl (C=O) groups excluding carboxylic acids is 1. The first-order valence-electron chi connectivity index (χ1n) is 8.39. The molecule has 2 heterocycles. The molecule has 0 N–H and O–H groups in total. The van der Waals surface area contributed by atoms with Crippen LogP contribution in [0.2, 0.25) is 0 Å². The summed E-state index contributed by atoms with van der Waals surface area (Å²) in [6, 6.07) is 13.8. The monoisotopic (exact) mass is 336 g/mol. The summed E-state index contributed by atoms with van der Waals surface area (Å²) < 4.78 is 7.22. The van der Waals surface area contributed by atoms with Crippen molar-refractivity contribution < 1.29 is 9.53 Å². The Labute approximate surface area is 146 Å². The lowest BCUT2D eigenvalue weighted by molar-refractivity contribution is 0.0632. The van der Waals surface area contributed by atoms with Gasteiger partial charge < -0.3 is 14.2 Å². The first kappa shape index (κ1) is 15.8. The summed E-state index contributed by atoms with van der Waals surface area (Å²) in [5.41, 5.74) is 0.704. The topological polar surface area (TPSA) is 60.3 Å². The minimum atomic E-state index is -0.120. The second-order valence-corrected chi connectivity index (χ2v) is 6.30. The summed E-state index contributed by atoms with van der Waals surface area (Å²) in [6.07, 6.45) is 0. The number of amides is 1. The fourth-order valence-electron chi connectivity index (χ4n) is 3.44. The van der Waals surface area contributed by atoms with Crippen LogP contribution in [-0.4, -0.2) is 39.2 Å². The van der Waals surface area contributed by atoms with Crippen molar-refractivity contribution in [3.63, 3.8) is 0 Å². The average molecular weight is 336 g/mol. The maximum atomic E-state index is 13.0. The van der Waals surface area contributed by atoms with Gasteiger partial charge in [-0.2, -0.15) is 0 Å². The highest BCUT2D eigenvalue weighted by atomic mass is 16.5. The molecule has 1 aromatic heterocycles. The van der Waals surface area contributed by atoms with Crippen LogP contribution in [0.15, 0.2) is 42.5 Å². The van der Waals surface area contributed by atoms with Gasteiger partial charge in [0, 0.05) is 25.8 Å². The summed E-state index contributed by atoms with van der Waals surface area (Å²) in [7, 11) is 1.64. The molecule has 25 heavy (non-hydrogen) atoms. The Morgan fingerprint density at radius 2 is 1.96 bits per heavy atom. The molecule has 3 aromatic rings. The van der Waals surface area contributed by atoms with Gasteiger partial charge >= 0.3 is 0 Å². The molecular formula is C19H20N4O2. The summed E-state index contributed by atoms with van der Waals surface area (Å²) in [5.74, 6) is 1.65. The minimum absolute atomic E-state index is 0.0285. The van der Waals surface area contributed by atoms with Gasteiger partial charge in [0.25, 0.3) is 5.91 Å². The van der Waals surface area contributed by atoms with Gasteiger partial charge in [-0.25, -0.2) is 0 Å². The number of nitrogens with zero attached hydrogens (tertiary/aromatic N) is 4. The Morgan fingerprint density at radius 3 is 2.76 bits per heavy atom. The first-order valence-corrected chi connectivity index (χ1v) is 8.39. The summed E-state index contributed by atoms with van der Waals surface area (Å²) in [5, 5.41) is 10.7. The molecule has 1 aliphatic rings. The van der Waals surface area contributed by atoms with Crippen LogP contribution in [-0.2, 0) is 17.9 Å². The number of ether oxygens (including phenoxy) is 1. The molecule has 1 amide bonds. The third-order valence-electron chi connectivity index (χ3n) is 4.79. The van der Waals surface area contributed by atoms with E-state index in [0.29, 0.717) is 25.3 Å². The van der Waals surface area contributed by atoms with E-state index in [4.69, 9.17) is 4.74 Å². The Hall–Kier alpha value is -2.73.